The smallest absolute Gasteiger partial charge is 0.131 e. The Kier molecular flexibility index (Phi) is 5.33. The third-order valence-corrected chi connectivity index (χ3v) is 5.62. The van der Waals surface area contributed by atoms with Gasteiger partial charge in [0, 0.05) is 35.8 Å². The van der Waals surface area contributed by atoms with Crippen molar-refractivity contribution in [2.75, 3.05) is 17.2 Å². The highest BCUT2D eigenvalue weighted by Gasteiger charge is 2.27. The molecule has 2 N–H and O–H groups in total. The number of nitrogens with two attached hydrogens (primary N) is 1. The zero-order valence-corrected chi connectivity index (χ0v) is 13.9. The molecule has 1 aromatic rings. The van der Waals surface area contributed by atoms with E-state index in [1.54, 1.807) is 0 Å². The van der Waals surface area contributed by atoms with E-state index in [-0.39, 0.29) is 6.04 Å². The standard InChI is InChI=1S/C16H27N3S/c1-5-15(17)9-14-8-11(2)16(18-10-14)19-6-7-20-13(4)12(19)3/h8,10,12-13,15H,5-7,9,17H2,1-4H3. The molecule has 0 saturated carbocycles. The van der Waals surface area contributed by atoms with E-state index in [2.05, 4.69) is 50.4 Å². The van der Waals surface area contributed by atoms with Crippen molar-refractivity contribution >= 4 is 17.6 Å². The molecule has 0 aliphatic carbocycles. The second kappa shape index (κ2) is 6.81. The maximum absolute atomic E-state index is 6.04. The number of anilines is 1. The number of hydrogen-bond donors (Lipinski definition) is 1. The van der Waals surface area contributed by atoms with E-state index in [0.717, 1.165) is 25.2 Å². The van der Waals surface area contributed by atoms with Crippen LogP contribution in [0.25, 0.3) is 0 Å². The van der Waals surface area contributed by atoms with E-state index >= 15 is 0 Å². The lowest BCUT2D eigenvalue weighted by molar-refractivity contribution is 0.616. The number of aromatic nitrogens is 1. The Bertz CT molecular complexity index is 449. The maximum Gasteiger partial charge on any atom is 0.131 e. The number of aryl methyl sites for hydroxylation is 1. The zero-order valence-electron chi connectivity index (χ0n) is 13.1. The molecule has 1 saturated heterocycles. The van der Waals surface area contributed by atoms with Crippen LogP contribution >= 0.6 is 11.8 Å². The zero-order chi connectivity index (χ0) is 14.7. The quantitative estimate of drug-likeness (QED) is 0.926. The van der Waals surface area contributed by atoms with Crippen LogP contribution in [0.1, 0.15) is 38.3 Å². The fourth-order valence-corrected chi connectivity index (χ4v) is 3.82. The Morgan fingerprint density at radius 2 is 2.25 bits per heavy atom. The van der Waals surface area contributed by atoms with E-state index in [1.807, 2.05) is 6.20 Å². The summed E-state index contributed by atoms with van der Waals surface area (Å²) in [5.41, 5.74) is 8.57. The lowest BCUT2D eigenvalue weighted by Crippen LogP contribution is -2.45. The monoisotopic (exact) mass is 293 g/mol. The molecule has 2 rings (SSSR count). The Morgan fingerprint density at radius 1 is 1.50 bits per heavy atom. The summed E-state index contributed by atoms with van der Waals surface area (Å²) in [5, 5.41) is 0.665. The summed E-state index contributed by atoms with van der Waals surface area (Å²) < 4.78 is 0. The first kappa shape index (κ1) is 15.6. The molecule has 3 nitrogen and oxygen atoms in total. The maximum atomic E-state index is 6.04. The molecule has 20 heavy (non-hydrogen) atoms. The van der Waals surface area contributed by atoms with Gasteiger partial charge in [-0.3, -0.25) is 0 Å². The predicted octanol–water partition coefficient (Wildman–Crippen LogP) is 3.00. The molecule has 0 radical (unpaired) electrons. The average molecular weight is 293 g/mol. The molecule has 3 atom stereocenters. The SMILES string of the molecule is CCC(N)Cc1cnc(N2CCSC(C)C2C)c(C)c1. The molecule has 4 heteroatoms. The number of nitrogens with zero attached hydrogens (tertiary/aromatic N) is 2. The van der Waals surface area contributed by atoms with Crippen molar-refractivity contribution < 1.29 is 0 Å². The predicted molar refractivity (Wildman–Crippen MR) is 89.7 cm³/mol. The van der Waals surface area contributed by atoms with Crippen LogP contribution in [0.4, 0.5) is 5.82 Å². The molecule has 1 aliphatic heterocycles. The van der Waals surface area contributed by atoms with Gasteiger partial charge in [0.15, 0.2) is 0 Å². The molecule has 3 unspecified atom stereocenters. The van der Waals surface area contributed by atoms with Crippen molar-refractivity contribution in [2.24, 2.45) is 5.73 Å². The average Bonchev–Trinajstić information content (AvgIpc) is 2.42. The molecule has 1 fully saturated rings. The minimum absolute atomic E-state index is 0.243. The first-order valence-corrected chi connectivity index (χ1v) is 8.67. The summed E-state index contributed by atoms with van der Waals surface area (Å²) in [5.74, 6) is 2.34. The van der Waals surface area contributed by atoms with Crippen LogP contribution < -0.4 is 10.6 Å². The van der Waals surface area contributed by atoms with Crippen LogP contribution in [-0.2, 0) is 6.42 Å². The summed E-state index contributed by atoms with van der Waals surface area (Å²) in [7, 11) is 0. The lowest BCUT2D eigenvalue weighted by Gasteiger charge is -2.39. The van der Waals surface area contributed by atoms with Gasteiger partial charge in [0.2, 0.25) is 0 Å². The van der Waals surface area contributed by atoms with E-state index in [1.165, 1.54) is 16.9 Å². The van der Waals surface area contributed by atoms with Gasteiger partial charge in [0.25, 0.3) is 0 Å². The van der Waals surface area contributed by atoms with E-state index in [9.17, 15) is 0 Å². The van der Waals surface area contributed by atoms with Gasteiger partial charge >= 0.3 is 0 Å². The van der Waals surface area contributed by atoms with E-state index in [0.29, 0.717) is 11.3 Å². The van der Waals surface area contributed by atoms with Gasteiger partial charge in [-0.1, -0.05) is 19.9 Å². The van der Waals surface area contributed by atoms with Crippen molar-refractivity contribution in [3.8, 4) is 0 Å². The molecular weight excluding hydrogens is 266 g/mol. The summed E-state index contributed by atoms with van der Waals surface area (Å²) in [4.78, 5) is 7.19. The van der Waals surface area contributed by atoms with Crippen LogP contribution in [0.15, 0.2) is 12.3 Å². The van der Waals surface area contributed by atoms with Crippen molar-refractivity contribution in [3.05, 3.63) is 23.4 Å². The first-order valence-electron chi connectivity index (χ1n) is 7.62. The lowest BCUT2D eigenvalue weighted by atomic mass is 10.0. The topological polar surface area (TPSA) is 42.1 Å². The summed E-state index contributed by atoms with van der Waals surface area (Å²) in [6.45, 7) is 10.0. The summed E-state index contributed by atoms with van der Waals surface area (Å²) in [6.07, 6.45) is 3.95. The van der Waals surface area contributed by atoms with Gasteiger partial charge in [-0.15, -0.1) is 0 Å². The summed E-state index contributed by atoms with van der Waals surface area (Å²) in [6, 6.07) is 3.05. The fraction of sp³-hybridized carbons (Fsp3) is 0.688. The van der Waals surface area contributed by atoms with Crippen LogP contribution in [0.5, 0.6) is 0 Å². The van der Waals surface area contributed by atoms with Gasteiger partial charge in [-0.25, -0.2) is 4.98 Å². The molecule has 0 spiro atoms. The van der Waals surface area contributed by atoms with Crippen LogP contribution in [0, 0.1) is 6.92 Å². The van der Waals surface area contributed by atoms with Gasteiger partial charge in [0.05, 0.1) is 0 Å². The molecule has 2 heterocycles. The molecule has 112 valence electrons. The number of hydrogen-bond acceptors (Lipinski definition) is 4. The van der Waals surface area contributed by atoms with Gasteiger partial charge in [0.1, 0.15) is 5.82 Å². The molecule has 1 aliphatic rings. The highest BCUT2D eigenvalue weighted by atomic mass is 32.2. The Morgan fingerprint density at radius 3 is 2.90 bits per heavy atom. The number of rotatable bonds is 4. The van der Waals surface area contributed by atoms with Crippen molar-refractivity contribution in [1.82, 2.24) is 4.98 Å². The second-order valence-corrected chi connectivity index (χ2v) is 7.35. The van der Waals surface area contributed by atoms with Crippen molar-refractivity contribution in [1.29, 1.82) is 0 Å². The fourth-order valence-electron chi connectivity index (χ4n) is 2.72. The Labute approximate surface area is 127 Å². The molecule has 1 aromatic heterocycles. The largest absolute Gasteiger partial charge is 0.352 e. The summed E-state index contributed by atoms with van der Waals surface area (Å²) >= 11 is 2.06. The Balaban J connectivity index is 2.16. The third-order valence-electron chi connectivity index (χ3n) is 4.29. The van der Waals surface area contributed by atoms with Crippen molar-refractivity contribution in [3.63, 3.8) is 0 Å². The van der Waals surface area contributed by atoms with E-state index in [4.69, 9.17) is 10.7 Å². The number of thioether (sulfide) groups is 1. The van der Waals surface area contributed by atoms with Crippen LogP contribution in [-0.4, -0.2) is 34.6 Å². The molecular formula is C16H27N3S. The third kappa shape index (κ3) is 3.47. The normalized spacial score (nSPS) is 24.8. The van der Waals surface area contributed by atoms with Gasteiger partial charge in [-0.05, 0) is 37.8 Å². The Hall–Kier alpha value is -0.740. The highest BCUT2D eigenvalue weighted by molar-refractivity contribution is 8.00. The number of pyridine rings is 1. The second-order valence-electron chi connectivity index (χ2n) is 5.87. The van der Waals surface area contributed by atoms with Crippen LogP contribution in [0.3, 0.4) is 0 Å². The van der Waals surface area contributed by atoms with Crippen molar-refractivity contribution in [2.45, 2.75) is 57.9 Å². The molecule has 0 bridgehead atoms. The van der Waals surface area contributed by atoms with E-state index < -0.39 is 0 Å². The highest BCUT2D eigenvalue weighted by Crippen LogP contribution is 2.29. The minimum atomic E-state index is 0.243. The van der Waals surface area contributed by atoms with Crippen LogP contribution in [0.2, 0.25) is 0 Å². The molecule has 0 amide bonds. The van der Waals surface area contributed by atoms with Gasteiger partial charge < -0.3 is 10.6 Å². The minimum Gasteiger partial charge on any atom is -0.352 e. The molecule has 0 aromatic carbocycles. The first-order chi connectivity index (χ1) is 9.52. The van der Waals surface area contributed by atoms with Gasteiger partial charge in [-0.2, -0.15) is 11.8 Å².